The molecule has 2 aliphatic heterocycles. The highest BCUT2D eigenvalue weighted by molar-refractivity contribution is 7.11. The van der Waals surface area contributed by atoms with E-state index < -0.39 is 0 Å². The number of methoxy groups -OCH3 is 1. The zero-order chi connectivity index (χ0) is 17.1. The lowest BCUT2D eigenvalue weighted by Gasteiger charge is -2.33. The van der Waals surface area contributed by atoms with Crippen LogP contribution in [0.3, 0.4) is 0 Å². The topological polar surface area (TPSA) is 21.7 Å². The average molecular weight is 351 g/mol. The van der Waals surface area contributed by atoms with Crippen LogP contribution in [0.5, 0.6) is 0 Å². The SMILES string of the molecule is COCCOCC1=C2c3sccc3C=CN2CC(c2ccccc2)=C1. The number of rotatable bonds is 6. The Bertz CT molecular complexity index is 833. The zero-order valence-electron chi connectivity index (χ0n) is 14.3. The summed E-state index contributed by atoms with van der Waals surface area (Å²) in [5.41, 5.74) is 6.39. The highest BCUT2D eigenvalue weighted by Crippen LogP contribution is 2.40. The normalized spacial score (nSPS) is 15.9. The number of hydrogen-bond acceptors (Lipinski definition) is 4. The Morgan fingerprint density at radius 3 is 2.84 bits per heavy atom. The third-order valence-corrected chi connectivity index (χ3v) is 5.40. The molecule has 25 heavy (non-hydrogen) atoms. The molecule has 4 rings (SSSR count). The van der Waals surface area contributed by atoms with Crippen molar-refractivity contribution in [2.24, 2.45) is 0 Å². The van der Waals surface area contributed by atoms with Gasteiger partial charge in [0.15, 0.2) is 0 Å². The van der Waals surface area contributed by atoms with Crippen molar-refractivity contribution >= 4 is 28.7 Å². The lowest BCUT2D eigenvalue weighted by molar-refractivity contribution is 0.0830. The van der Waals surface area contributed by atoms with Crippen LogP contribution in [-0.4, -0.2) is 38.4 Å². The Kier molecular flexibility index (Phi) is 4.83. The Hall–Kier alpha value is -2.14. The lowest BCUT2D eigenvalue weighted by atomic mass is 9.95. The van der Waals surface area contributed by atoms with E-state index in [2.05, 4.69) is 65.0 Å². The molecule has 2 aliphatic rings. The van der Waals surface area contributed by atoms with Crippen molar-refractivity contribution in [3.8, 4) is 0 Å². The molecule has 128 valence electrons. The quantitative estimate of drug-likeness (QED) is 0.715. The van der Waals surface area contributed by atoms with E-state index in [0.717, 1.165) is 6.54 Å². The van der Waals surface area contributed by atoms with Crippen molar-refractivity contribution < 1.29 is 9.47 Å². The lowest BCUT2D eigenvalue weighted by Crippen LogP contribution is -2.26. The molecule has 0 bridgehead atoms. The van der Waals surface area contributed by atoms with Gasteiger partial charge in [0.1, 0.15) is 0 Å². The summed E-state index contributed by atoms with van der Waals surface area (Å²) < 4.78 is 11.0. The molecular formula is C21H21NO2S. The Morgan fingerprint density at radius 2 is 2.00 bits per heavy atom. The molecule has 4 heteroatoms. The maximum Gasteiger partial charge on any atom is 0.0738 e. The monoisotopic (exact) mass is 351 g/mol. The van der Waals surface area contributed by atoms with Gasteiger partial charge in [0, 0.05) is 25.4 Å². The minimum Gasteiger partial charge on any atom is -0.382 e. The highest BCUT2D eigenvalue weighted by Gasteiger charge is 2.26. The first-order valence-electron chi connectivity index (χ1n) is 8.45. The van der Waals surface area contributed by atoms with E-state index in [-0.39, 0.29) is 0 Å². The van der Waals surface area contributed by atoms with Gasteiger partial charge >= 0.3 is 0 Å². The van der Waals surface area contributed by atoms with E-state index in [1.807, 2.05) is 0 Å². The number of hydrogen-bond donors (Lipinski definition) is 0. The van der Waals surface area contributed by atoms with E-state index in [9.17, 15) is 0 Å². The fourth-order valence-electron chi connectivity index (χ4n) is 3.25. The molecule has 0 N–H and O–H groups in total. The van der Waals surface area contributed by atoms with Gasteiger partial charge in [-0.2, -0.15) is 0 Å². The van der Waals surface area contributed by atoms with Crippen LogP contribution in [0.2, 0.25) is 0 Å². The standard InChI is InChI=1S/C21H21NO2S/c1-23-10-11-24-15-19-13-18(16-5-3-2-4-6-16)14-22-9-7-17-8-12-25-21(17)20(19)22/h2-9,12-13H,10-11,14-15H2,1H3. The highest BCUT2D eigenvalue weighted by atomic mass is 32.1. The van der Waals surface area contributed by atoms with Crippen molar-refractivity contribution in [2.45, 2.75) is 0 Å². The molecule has 0 amide bonds. The van der Waals surface area contributed by atoms with Crippen LogP contribution < -0.4 is 0 Å². The maximum absolute atomic E-state index is 5.86. The van der Waals surface area contributed by atoms with E-state index in [0.29, 0.717) is 19.8 Å². The molecule has 3 nitrogen and oxygen atoms in total. The maximum atomic E-state index is 5.86. The van der Waals surface area contributed by atoms with Gasteiger partial charge in [-0.3, -0.25) is 0 Å². The molecule has 1 aromatic heterocycles. The van der Waals surface area contributed by atoms with Crippen LogP contribution in [0.4, 0.5) is 0 Å². The molecule has 0 atom stereocenters. The molecule has 0 unspecified atom stereocenters. The summed E-state index contributed by atoms with van der Waals surface area (Å²) in [4.78, 5) is 3.67. The van der Waals surface area contributed by atoms with Crippen molar-refractivity contribution in [2.75, 3.05) is 33.5 Å². The molecule has 0 saturated carbocycles. The first kappa shape index (κ1) is 16.3. The third-order valence-electron chi connectivity index (χ3n) is 4.46. The minimum absolute atomic E-state index is 0.594. The summed E-state index contributed by atoms with van der Waals surface area (Å²) >= 11 is 1.80. The molecule has 1 aromatic carbocycles. The third kappa shape index (κ3) is 3.33. The Labute approximate surface area is 152 Å². The Morgan fingerprint density at radius 1 is 1.12 bits per heavy atom. The van der Waals surface area contributed by atoms with Gasteiger partial charge < -0.3 is 14.4 Å². The van der Waals surface area contributed by atoms with Crippen LogP contribution in [-0.2, 0) is 9.47 Å². The number of benzene rings is 1. The van der Waals surface area contributed by atoms with E-state index in [1.54, 1.807) is 18.4 Å². The number of fused-ring (bicyclic) bond motifs is 3. The van der Waals surface area contributed by atoms with Crippen LogP contribution >= 0.6 is 11.3 Å². The minimum atomic E-state index is 0.594. The second-order valence-electron chi connectivity index (χ2n) is 6.10. The summed E-state index contributed by atoms with van der Waals surface area (Å²) in [5.74, 6) is 0. The molecule has 0 saturated heterocycles. The summed E-state index contributed by atoms with van der Waals surface area (Å²) in [5, 5.41) is 2.16. The fraction of sp³-hybridized carbons (Fsp3) is 0.238. The van der Waals surface area contributed by atoms with Gasteiger partial charge in [-0.15, -0.1) is 11.3 Å². The number of thiophene rings is 1. The first-order valence-corrected chi connectivity index (χ1v) is 9.33. The molecule has 0 spiro atoms. The van der Waals surface area contributed by atoms with Crippen LogP contribution in [0, 0.1) is 0 Å². The first-order chi connectivity index (χ1) is 12.4. The van der Waals surface area contributed by atoms with E-state index in [1.165, 1.54) is 32.8 Å². The number of nitrogens with zero attached hydrogens (tertiary/aromatic N) is 1. The molecule has 0 aliphatic carbocycles. The Balaban J connectivity index is 1.72. The van der Waals surface area contributed by atoms with Crippen molar-refractivity contribution in [3.63, 3.8) is 0 Å². The molecule has 0 radical (unpaired) electrons. The van der Waals surface area contributed by atoms with Crippen LogP contribution in [0.15, 0.2) is 59.6 Å². The largest absolute Gasteiger partial charge is 0.382 e. The van der Waals surface area contributed by atoms with Gasteiger partial charge in [0.2, 0.25) is 0 Å². The van der Waals surface area contributed by atoms with Gasteiger partial charge in [-0.25, -0.2) is 0 Å². The fourth-order valence-corrected chi connectivity index (χ4v) is 4.23. The molecule has 0 fully saturated rings. The zero-order valence-corrected chi connectivity index (χ0v) is 15.1. The van der Waals surface area contributed by atoms with Crippen LogP contribution in [0.1, 0.15) is 16.0 Å². The van der Waals surface area contributed by atoms with Gasteiger partial charge in [-0.1, -0.05) is 30.3 Å². The van der Waals surface area contributed by atoms with Gasteiger partial charge in [-0.05, 0) is 40.3 Å². The summed E-state index contributed by atoms with van der Waals surface area (Å²) in [6, 6.07) is 12.8. The van der Waals surface area contributed by atoms with Gasteiger partial charge in [0.25, 0.3) is 0 Å². The second kappa shape index (κ2) is 7.40. The van der Waals surface area contributed by atoms with Gasteiger partial charge in [0.05, 0.1) is 30.4 Å². The molecular weight excluding hydrogens is 330 g/mol. The predicted octanol–water partition coefficient (Wildman–Crippen LogP) is 4.51. The second-order valence-corrected chi connectivity index (χ2v) is 7.02. The van der Waals surface area contributed by atoms with Crippen molar-refractivity contribution in [1.29, 1.82) is 0 Å². The smallest absolute Gasteiger partial charge is 0.0738 e. The van der Waals surface area contributed by atoms with Crippen molar-refractivity contribution in [3.05, 3.63) is 75.6 Å². The van der Waals surface area contributed by atoms with Crippen LogP contribution in [0.25, 0.3) is 17.3 Å². The number of ether oxygens (including phenoxy) is 2. The molecule has 2 aromatic rings. The summed E-state index contributed by atoms with van der Waals surface area (Å²) in [6.07, 6.45) is 6.69. The van der Waals surface area contributed by atoms with E-state index in [4.69, 9.17) is 9.47 Å². The molecule has 3 heterocycles. The summed E-state index contributed by atoms with van der Waals surface area (Å²) in [6.45, 7) is 2.70. The van der Waals surface area contributed by atoms with E-state index >= 15 is 0 Å². The summed E-state index contributed by atoms with van der Waals surface area (Å²) in [7, 11) is 1.70. The predicted molar refractivity (Wildman–Crippen MR) is 104 cm³/mol. The average Bonchev–Trinajstić information content (AvgIpc) is 3.14. The van der Waals surface area contributed by atoms with Crippen molar-refractivity contribution in [1.82, 2.24) is 4.90 Å².